The summed E-state index contributed by atoms with van der Waals surface area (Å²) in [5.41, 5.74) is 2.75. The van der Waals surface area contributed by atoms with Crippen molar-refractivity contribution in [2.45, 2.75) is 12.6 Å². The van der Waals surface area contributed by atoms with E-state index in [1.807, 2.05) is 17.8 Å². The van der Waals surface area contributed by atoms with Gasteiger partial charge in [0.1, 0.15) is 6.17 Å². The Hall–Kier alpha value is -3.79. The van der Waals surface area contributed by atoms with Gasteiger partial charge in [-0.25, -0.2) is 13.8 Å². The van der Waals surface area contributed by atoms with Crippen molar-refractivity contribution in [1.29, 1.82) is 0 Å². The first kappa shape index (κ1) is 19.9. The smallest absolute Gasteiger partial charge is 0.231 e. The minimum atomic E-state index is -1.09. The molecular weight excluding hydrogens is 452 g/mol. The maximum atomic E-state index is 15.5. The quantitative estimate of drug-likeness (QED) is 0.410. The molecule has 0 saturated heterocycles. The second kappa shape index (κ2) is 7.11. The highest BCUT2D eigenvalue weighted by atomic mass is 35.5. The molecule has 2 atom stereocenters. The molecule has 1 aromatic carbocycles. The van der Waals surface area contributed by atoms with E-state index in [1.54, 1.807) is 35.3 Å². The van der Waals surface area contributed by atoms with Crippen molar-refractivity contribution in [1.82, 2.24) is 29.1 Å². The van der Waals surface area contributed by atoms with Crippen LogP contribution in [0, 0.1) is 11.7 Å². The summed E-state index contributed by atoms with van der Waals surface area (Å²) in [5.74, 6) is -1.33. The van der Waals surface area contributed by atoms with Crippen LogP contribution in [0.3, 0.4) is 0 Å². The number of H-pyrrole nitrogens is 1. The van der Waals surface area contributed by atoms with E-state index < -0.39 is 23.8 Å². The second-order valence-corrected chi connectivity index (χ2v) is 8.49. The van der Waals surface area contributed by atoms with Crippen molar-refractivity contribution in [3.05, 3.63) is 54.1 Å². The summed E-state index contributed by atoms with van der Waals surface area (Å²) in [6.45, 7) is 0. The number of rotatable bonds is 4. The van der Waals surface area contributed by atoms with Crippen molar-refractivity contribution < 1.29 is 13.6 Å². The standard InChI is InChI=1S/C22H16ClF2N7O/c1-31-3-2-10(7-31)17-20(25)19(23)18(12-5-27-30-21(12)17)14-8-32-9-15(28-16(32)6-26-14)29-22(33)11-4-13(11)24/h2-3,5-9,11,13H,4H2,1H3,(H,27,30)(H,29,33)/t11-,13+/m1/s1. The number of nitrogens with zero attached hydrogens (tertiary/aromatic N) is 5. The number of carbonyl (C=O) groups is 1. The normalized spacial score (nSPS) is 17.7. The predicted octanol–water partition coefficient (Wildman–Crippen LogP) is 4.37. The molecule has 11 heteroatoms. The van der Waals surface area contributed by atoms with Crippen LogP contribution < -0.4 is 5.32 Å². The molecule has 1 fully saturated rings. The summed E-state index contributed by atoms with van der Waals surface area (Å²) in [7, 11) is 1.85. The number of hydrogen-bond donors (Lipinski definition) is 2. The number of imidazole rings is 1. The Labute approximate surface area is 190 Å². The number of aromatic nitrogens is 6. The van der Waals surface area contributed by atoms with Crippen LogP contribution in [0.15, 0.2) is 43.2 Å². The SMILES string of the molecule is Cn1ccc(-c2c(F)c(Cl)c(-c3cn4cc(NC(=O)[C@@H]5C[C@@H]5F)nc4cn3)c3cn[nH]c23)c1. The summed E-state index contributed by atoms with van der Waals surface area (Å²) in [6.07, 6.45) is 9.06. The van der Waals surface area contributed by atoms with Crippen molar-refractivity contribution in [3.8, 4) is 22.4 Å². The Kier molecular flexibility index (Phi) is 4.28. The lowest BCUT2D eigenvalue weighted by Gasteiger charge is -2.11. The summed E-state index contributed by atoms with van der Waals surface area (Å²) < 4.78 is 32.1. The fraction of sp³-hybridized carbons (Fsp3) is 0.182. The Morgan fingerprint density at radius 2 is 2.09 bits per heavy atom. The van der Waals surface area contributed by atoms with Gasteiger partial charge in [0, 0.05) is 47.7 Å². The highest BCUT2D eigenvalue weighted by Crippen LogP contribution is 2.42. The molecule has 33 heavy (non-hydrogen) atoms. The van der Waals surface area contributed by atoms with E-state index in [-0.39, 0.29) is 17.3 Å². The number of hydrogen-bond acceptors (Lipinski definition) is 4. The number of amides is 1. The number of aryl methyl sites for hydroxylation is 1. The van der Waals surface area contributed by atoms with Crippen LogP contribution >= 0.6 is 11.6 Å². The topological polar surface area (TPSA) is 92.9 Å². The van der Waals surface area contributed by atoms with Gasteiger partial charge < -0.3 is 14.3 Å². The Morgan fingerprint density at radius 1 is 1.27 bits per heavy atom. The Balaban J connectivity index is 1.45. The molecule has 166 valence electrons. The number of fused-ring (bicyclic) bond motifs is 2. The van der Waals surface area contributed by atoms with Crippen LogP contribution in [0.5, 0.6) is 0 Å². The zero-order chi connectivity index (χ0) is 22.9. The third-order valence-electron chi connectivity index (χ3n) is 5.81. The fourth-order valence-electron chi connectivity index (χ4n) is 4.03. The average molecular weight is 468 g/mol. The van der Waals surface area contributed by atoms with Crippen molar-refractivity contribution in [2.75, 3.05) is 5.32 Å². The zero-order valence-corrected chi connectivity index (χ0v) is 17.9. The second-order valence-electron chi connectivity index (χ2n) is 8.11. The first-order valence-electron chi connectivity index (χ1n) is 10.2. The van der Waals surface area contributed by atoms with Crippen LogP contribution in [0.2, 0.25) is 5.02 Å². The van der Waals surface area contributed by atoms with Gasteiger partial charge in [-0.1, -0.05) is 11.6 Å². The molecule has 1 saturated carbocycles. The van der Waals surface area contributed by atoms with E-state index in [0.29, 0.717) is 38.9 Å². The lowest BCUT2D eigenvalue weighted by Crippen LogP contribution is -2.15. The third kappa shape index (κ3) is 3.17. The molecule has 6 rings (SSSR count). The Bertz CT molecular complexity index is 1570. The van der Waals surface area contributed by atoms with E-state index >= 15 is 4.39 Å². The highest BCUT2D eigenvalue weighted by molar-refractivity contribution is 6.36. The molecule has 1 aliphatic carbocycles. The van der Waals surface area contributed by atoms with Crippen molar-refractivity contribution >= 4 is 39.9 Å². The molecule has 4 heterocycles. The van der Waals surface area contributed by atoms with Crippen LogP contribution in [-0.4, -0.2) is 41.2 Å². The van der Waals surface area contributed by atoms with E-state index in [1.165, 1.54) is 6.20 Å². The first-order valence-corrected chi connectivity index (χ1v) is 10.5. The number of aromatic amines is 1. The molecule has 8 nitrogen and oxygen atoms in total. The number of halogens is 3. The van der Waals surface area contributed by atoms with Gasteiger partial charge in [-0.15, -0.1) is 0 Å². The number of nitrogens with one attached hydrogen (secondary N) is 2. The minimum absolute atomic E-state index is 0.0778. The summed E-state index contributed by atoms with van der Waals surface area (Å²) in [5, 5.41) is 10.1. The van der Waals surface area contributed by atoms with E-state index in [9.17, 15) is 9.18 Å². The van der Waals surface area contributed by atoms with Crippen LogP contribution in [0.25, 0.3) is 38.9 Å². The maximum absolute atomic E-state index is 15.5. The molecule has 0 aliphatic heterocycles. The third-order valence-corrected chi connectivity index (χ3v) is 6.16. The van der Waals surface area contributed by atoms with E-state index in [2.05, 4.69) is 25.5 Å². The number of alkyl halides is 1. The largest absolute Gasteiger partial charge is 0.357 e. The van der Waals surface area contributed by atoms with E-state index in [4.69, 9.17) is 11.6 Å². The van der Waals surface area contributed by atoms with Gasteiger partial charge in [-0.05, 0) is 12.5 Å². The predicted molar refractivity (Wildman–Crippen MR) is 119 cm³/mol. The molecule has 0 radical (unpaired) electrons. The highest BCUT2D eigenvalue weighted by Gasteiger charge is 2.43. The molecule has 0 bridgehead atoms. The van der Waals surface area contributed by atoms with Gasteiger partial charge in [-0.3, -0.25) is 14.9 Å². The van der Waals surface area contributed by atoms with Gasteiger partial charge in [-0.2, -0.15) is 5.10 Å². The lowest BCUT2D eigenvalue weighted by atomic mass is 9.99. The van der Waals surface area contributed by atoms with Crippen LogP contribution in [0.1, 0.15) is 6.42 Å². The molecule has 0 unspecified atom stereocenters. The monoisotopic (exact) mass is 467 g/mol. The van der Waals surface area contributed by atoms with E-state index in [0.717, 1.165) is 0 Å². The lowest BCUT2D eigenvalue weighted by molar-refractivity contribution is -0.117. The molecule has 1 aliphatic rings. The molecule has 5 aromatic rings. The summed E-state index contributed by atoms with van der Waals surface area (Å²) >= 11 is 6.53. The van der Waals surface area contributed by atoms with Gasteiger partial charge >= 0.3 is 0 Å². The van der Waals surface area contributed by atoms with Crippen molar-refractivity contribution in [3.63, 3.8) is 0 Å². The number of anilines is 1. The zero-order valence-electron chi connectivity index (χ0n) is 17.2. The number of benzene rings is 1. The minimum Gasteiger partial charge on any atom is -0.357 e. The molecule has 4 aromatic heterocycles. The molecule has 1 amide bonds. The average Bonchev–Trinajstić information content (AvgIpc) is 3.16. The molecule has 2 N–H and O–H groups in total. The summed E-state index contributed by atoms with van der Waals surface area (Å²) in [4.78, 5) is 20.7. The number of carbonyl (C=O) groups excluding carboxylic acids is 1. The summed E-state index contributed by atoms with van der Waals surface area (Å²) in [6, 6.07) is 1.80. The van der Waals surface area contributed by atoms with Crippen LogP contribution in [0.4, 0.5) is 14.6 Å². The van der Waals surface area contributed by atoms with Gasteiger partial charge in [0.15, 0.2) is 17.3 Å². The van der Waals surface area contributed by atoms with Gasteiger partial charge in [0.25, 0.3) is 0 Å². The van der Waals surface area contributed by atoms with Crippen LogP contribution in [-0.2, 0) is 11.8 Å². The van der Waals surface area contributed by atoms with Crippen molar-refractivity contribution in [2.24, 2.45) is 13.0 Å². The maximum Gasteiger partial charge on any atom is 0.231 e. The fourth-order valence-corrected chi connectivity index (χ4v) is 4.32. The van der Waals surface area contributed by atoms with Gasteiger partial charge in [0.05, 0.1) is 40.7 Å². The van der Waals surface area contributed by atoms with Gasteiger partial charge in [0.2, 0.25) is 5.91 Å². The first-order chi connectivity index (χ1) is 15.9. The molecular formula is C22H16ClF2N7O. The Morgan fingerprint density at radius 3 is 2.82 bits per heavy atom. The molecule has 0 spiro atoms.